The Bertz CT molecular complexity index is 368. The van der Waals surface area contributed by atoms with Gasteiger partial charge in [-0.15, -0.1) is 0 Å². The molecule has 0 aliphatic heterocycles. The molecular formula is C14H25N3O. The van der Waals surface area contributed by atoms with Crippen molar-refractivity contribution < 1.29 is 4.74 Å². The number of hydrogen-bond donors (Lipinski definition) is 2. The first-order valence-corrected chi connectivity index (χ1v) is 6.46. The van der Waals surface area contributed by atoms with E-state index in [4.69, 9.17) is 10.5 Å². The summed E-state index contributed by atoms with van der Waals surface area (Å²) in [4.78, 5) is 2.34. The Hall–Kier alpha value is -1.42. The minimum absolute atomic E-state index is 0.611. The van der Waals surface area contributed by atoms with E-state index in [2.05, 4.69) is 31.1 Å². The van der Waals surface area contributed by atoms with E-state index < -0.39 is 0 Å². The van der Waals surface area contributed by atoms with Gasteiger partial charge in [0.05, 0.1) is 18.5 Å². The van der Waals surface area contributed by atoms with Crippen molar-refractivity contribution in [1.82, 2.24) is 4.90 Å². The third kappa shape index (κ3) is 4.11. The van der Waals surface area contributed by atoms with Gasteiger partial charge in [0, 0.05) is 25.2 Å². The normalized spacial score (nSPS) is 12.5. The van der Waals surface area contributed by atoms with Gasteiger partial charge in [0.15, 0.2) is 0 Å². The van der Waals surface area contributed by atoms with Gasteiger partial charge in [-0.3, -0.25) is 0 Å². The fourth-order valence-electron chi connectivity index (χ4n) is 1.73. The van der Waals surface area contributed by atoms with Crippen molar-refractivity contribution >= 4 is 11.4 Å². The Balaban J connectivity index is 2.44. The fourth-order valence-corrected chi connectivity index (χ4v) is 1.73. The van der Waals surface area contributed by atoms with E-state index >= 15 is 0 Å². The lowest BCUT2D eigenvalue weighted by Gasteiger charge is -2.23. The zero-order valence-corrected chi connectivity index (χ0v) is 11.9. The fraction of sp³-hybridized carbons (Fsp3) is 0.571. The van der Waals surface area contributed by atoms with Crippen molar-refractivity contribution in [2.24, 2.45) is 0 Å². The molecule has 0 saturated heterocycles. The first kappa shape index (κ1) is 14.6. The molecule has 4 nitrogen and oxygen atoms in total. The Kier molecular flexibility index (Phi) is 5.78. The number of hydrogen-bond acceptors (Lipinski definition) is 4. The highest BCUT2D eigenvalue weighted by molar-refractivity contribution is 5.68. The molecule has 0 bridgehead atoms. The molecular weight excluding hydrogens is 226 g/mol. The molecule has 1 aromatic carbocycles. The minimum atomic E-state index is 0.611. The van der Waals surface area contributed by atoms with Crippen molar-refractivity contribution in [2.75, 3.05) is 38.3 Å². The van der Waals surface area contributed by atoms with Gasteiger partial charge >= 0.3 is 0 Å². The summed E-state index contributed by atoms with van der Waals surface area (Å²) in [6.07, 6.45) is 1.17. The lowest BCUT2D eigenvalue weighted by molar-refractivity contribution is 0.261. The lowest BCUT2D eigenvalue weighted by atomic mass is 10.2. The van der Waals surface area contributed by atoms with Gasteiger partial charge in [-0.05, 0) is 32.5 Å². The summed E-state index contributed by atoms with van der Waals surface area (Å²) in [5.74, 6) is 0.787. The van der Waals surface area contributed by atoms with E-state index in [-0.39, 0.29) is 0 Å². The molecule has 1 unspecified atom stereocenters. The average Bonchev–Trinajstić information content (AvgIpc) is 2.39. The van der Waals surface area contributed by atoms with Gasteiger partial charge in [0.2, 0.25) is 0 Å². The molecule has 0 amide bonds. The number of benzene rings is 1. The van der Waals surface area contributed by atoms with Crippen LogP contribution in [0.1, 0.15) is 20.3 Å². The summed E-state index contributed by atoms with van der Waals surface area (Å²) in [6, 6.07) is 6.31. The second-order valence-electron chi connectivity index (χ2n) is 4.62. The summed E-state index contributed by atoms with van der Waals surface area (Å²) < 4.78 is 5.12. The van der Waals surface area contributed by atoms with E-state index in [0.717, 1.165) is 30.2 Å². The molecule has 3 N–H and O–H groups in total. The number of nitrogens with one attached hydrogen (secondary N) is 1. The van der Waals surface area contributed by atoms with E-state index in [9.17, 15) is 0 Å². The summed E-state index contributed by atoms with van der Waals surface area (Å²) in [5.41, 5.74) is 7.63. The van der Waals surface area contributed by atoms with Gasteiger partial charge in [0.25, 0.3) is 0 Å². The first-order valence-electron chi connectivity index (χ1n) is 6.46. The molecule has 0 spiro atoms. The molecule has 0 radical (unpaired) electrons. The second kappa shape index (κ2) is 7.11. The molecule has 18 heavy (non-hydrogen) atoms. The van der Waals surface area contributed by atoms with Crippen LogP contribution in [0.3, 0.4) is 0 Å². The predicted molar refractivity (Wildman–Crippen MR) is 78.3 cm³/mol. The lowest BCUT2D eigenvalue weighted by Crippen LogP contribution is -2.32. The van der Waals surface area contributed by atoms with Crippen LogP contribution in [0.25, 0.3) is 0 Å². The van der Waals surface area contributed by atoms with Gasteiger partial charge in [-0.1, -0.05) is 6.92 Å². The van der Waals surface area contributed by atoms with E-state index in [1.54, 1.807) is 7.11 Å². The molecule has 1 rings (SSSR count). The second-order valence-corrected chi connectivity index (χ2v) is 4.62. The third-order valence-corrected chi connectivity index (χ3v) is 3.38. The highest BCUT2D eigenvalue weighted by atomic mass is 16.5. The smallest absolute Gasteiger partial charge is 0.121 e. The number of rotatable bonds is 7. The Morgan fingerprint density at radius 1 is 1.44 bits per heavy atom. The van der Waals surface area contributed by atoms with Crippen LogP contribution >= 0.6 is 0 Å². The number of nitrogens with zero attached hydrogens (tertiary/aromatic N) is 1. The quantitative estimate of drug-likeness (QED) is 0.731. The number of ether oxygens (including phenoxy) is 1. The van der Waals surface area contributed by atoms with Crippen LogP contribution < -0.4 is 15.8 Å². The van der Waals surface area contributed by atoms with Crippen molar-refractivity contribution in [3.63, 3.8) is 0 Å². The predicted octanol–water partition coefficient (Wildman–Crippen LogP) is 2.42. The topological polar surface area (TPSA) is 50.5 Å². The monoisotopic (exact) mass is 251 g/mol. The largest absolute Gasteiger partial charge is 0.497 e. The van der Waals surface area contributed by atoms with E-state index in [0.29, 0.717) is 6.04 Å². The summed E-state index contributed by atoms with van der Waals surface area (Å²) in [5, 5.41) is 3.35. The molecule has 0 heterocycles. The molecule has 4 heteroatoms. The third-order valence-electron chi connectivity index (χ3n) is 3.38. The van der Waals surface area contributed by atoms with Crippen molar-refractivity contribution in [3.8, 4) is 5.75 Å². The van der Waals surface area contributed by atoms with Gasteiger partial charge < -0.3 is 20.7 Å². The number of methoxy groups -OCH3 is 1. The summed E-state index contributed by atoms with van der Waals surface area (Å²) >= 11 is 0. The maximum absolute atomic E-state index is 5.94. The highest BCUT2D eigenvalue weighted by Crippen LogP contribution is 2.23. The Morgan fingerprint density at radius 3 is 2.72 bits per heavy atom. The molecule has 0 aromatic heterocycles. The standard InChI is InChI=1S/C14H25N3O/c1-5-11(2)17(3)9-8-16-14-7-6-12(18-4)10-13(14)15/h6-7,10-11,16H,5,8-9,15H2,1-4H3. The van der Waals surface area contributed by atoms with Crippen LogP contribution in [-0.2, 0) is 0 Å². The zero-order valence-electron chi connectivity index (χ0n) is 11.9. The average molecular weight is 251 g/mol. The molecule has 0 fully saturated rings. The molecule has 0 aliphatic carbocycles. The highest BCUT2D eigenvalue weighted by Gasteiger charge is 2.06. The Morgan fingerprint density at radius 2 is 2.17 bits per heavy atom. The molecule has 0 saturated carbocycles. The SMILES string of the molecule is CCC(C)N(C)CCNc1ccc(OC)cc1N. The molecule has 1 aromatic rings. The molecule has 102 valence electrons. The zero-order chi connectivity index (χ0) is 13.5. The first-order chi connectivity index (χ1) is 8.58. The van der Waals surface area contributed by atoms with Crippen LogP contribution in [0, 0.1) is 0 Å². The van der Waals surface area contributed by atoms with E-state index in [1.807, 2.05) is 18.2 Å². The van der Waals surface area contributed by atoms with Crippen LogP contribution in [-0.4, -0.2) is 38.2 Å². The Labute approximate surface area is 110 Å². The van der Waals surface area contributed by atoms with Crippen LogP contribution in [0.5, 0.6) is 5.75 Å². The number of nitrogens with two attached hydrogens (primary N) is 1. The maximum atomic E-state index is 5.94. The molecule has 1 atom stereocenters. The number of anilines is 2. The van der Waals surface area contributed by atoms with Crippen molar-refractivity contribution in [1.29, 1.82) is 0 Å². The number of likely N-dealkylation sites (N-methyl/N-ethyl adjacent to an activating group) is 1. The van der Waals surface area contributed by atoms with E-state index in [1.165, 1.54) is 6.42 Å². The number of nitrogen functional groups attached to an aromatic ring is 1. The summed E-state index contributed by atoms with van der Waals surface area (Å²) in [7, 11) is 3.79. The molecule has 0 aliphatic rings. The van der Waals surface area contributed by atoms with Gasteiger partial charge in [-0.25, -0.2) is 0 Å². The van der Waals surface area contributed by atoms with Crippen molar-refractivity contribution in [3.05, 3.63) is 18.2 Å². The maximum Gasteiger partial charge on any atom is 0.121 e. The van der Waals surface area contributed by atoms with Crippen LogP contribution in [0.2, 0.25) is 0 Å². The van der Waals surface area contributed by atoms with Crippen molar-refractivity contribution in [2.45, 2.75) is 26.3 Å². The van der Waals surface area contributed by atoms with Crippen LogP contribution in [0.4, 0.5) is 11.4 Å². The van der Waals surface area contributed by atoms with Crippen LogP contribution in [0.15, 0.2) is 18.2 Å². The van der Waals surface area contributed by atoms with Gasteiger partial charge in [-0.2, -0.15) is 0 Å². The summed E-state index contributed by atoms with van der Waals surface area (Å²) in [6.45, 7) is 6.33. The van der Waals surface area contributed by atoms with Gasteiger partial charge in [0.1, 0.15) is 5.75 Å². The minimum Gasteiger partial charge on any atom is -0.497 e.